The Kier molecular flexibility index (Phi) is 6.79. The number of aryl methyl sites for hydroxylation is 1. The Morgan fingerprint density at radius 1 is 1.10 bits per heavy atom. The average Bonchev–Trinajstić information content (AvgIpc) is 3.17. The maximum atomic E-state index is 13.6. The molecule has 1 aromatic heterocycles. The molecule has 1 heterocycles. The van der Waals surface area contributed by atoms with E-state index in [2.05, 4.69) is 15.5 Å². The molecule has 10 heteroatoms. The van der Waals surface area contributed by atoms with Gasteiger partial charge in [-0.2, -0.15) is 4.98 Å². The van der Waals surface area contributed by atoms with Gasteiger partial charge in [-0.1, -0.05) is 28.4 Å². The minimum atomic E-state index is -0.692. The first-order valence-electron chi connectivity index (χ1n) is 8.40. The van der Waals surface area contributed by atoms with E-state index in [0.717, 1.165) is 11.6 Å². The van der Waals surface area contributed by atoms with Crippen LogP contribution in [0.1, 0.15) is 12.3 Å². The molecule has 3 rings (SSSR count). The van der Waals surface area contributed by atoms with Gasteiger partial charge in [-0.05, 0) is 42.5 Å². The first kappa shape index (κ1) is 20.8. The number of hydrogen-bond acceptors (Lipinski definition) is 6. The molecule has 29 heavy (non-hydrogen) atoms. The molecule has 0 bridgehead atoms. The summed E-state index contributed by atoms with van der Waals surface area (Å²) in [6, 6.07) is 10.6. The molecule has 1 N–H and O–H groups in total. The normalized spacial score (nSPS) is 10.6. The van der Waals surface area contributed by atoms with Crippen molar-refractivity contribution in [2.75, 3.05) is 11.9 Å². The Morgan fingerprint density at radius 2 is 1.83 bits per heavy atom. The van der Waals surface area contributed by atoms with Crippen LogP contribution in [-0.4, -0.2) is 28.6 Å². The van der Waals surface area contributed by atoms with Crippen LogP contribution in [0.15, 0.2) is 47.0 Å². The lowest BCUT2D eigenvalue weighted by Gasteiger charge is -2.07. The van der Waals surface area contributed by atoms with Crippen molar-refractivity contribution in [3.05, 3.63) is 64.2 Å². The Labute approximate surface area is 174 Å². The number of hydrogen-bond donors (Lipinski definition) is 1. The minimum absolute atomic E-state index is 0.0684. The van der Waals surface area contributed by atoms with Gasteiger partial charge in [-0.15, -0.1) is 0 Å². The van der Waals surface area contributed by atoms with Crippen molar-refractivity contribution in [3.8, 4) is 11.4 Å². The molecular weight excluding hydrogens is 424 g/mol. The van der Waals surface area contributed by atoms with Gasteiger partial charge in [0.2, 0.25) is 11.7 Å². The third-order valence-electron chi connectivity index (χ3n) is 3.68. The van der Waals surface area contributed by atoms with E-state index in [0.29, 0.717) is 10.8 Å². The highest BCUT2D eigenvalue weighted by Gasteiger charge is 2.14. The largest absolute Gasteiger partial charge is 0.456 e. The van der Waals surface area contributed by atoms with Crippen LogP contribution in [0.4, 0.5) is 10.1 Å². The van der Waals surface area contributed by atoms with E-state index < -0.39 is 24.3 Å². The second-order valence-corrected chi connectivity index (χ2v) is 6.72. The summed E-state index contributed by atoms with van der Waals surface area (Å²) in [4.78, 5) is 27.8. The summed E-state index contributed by atoms with van der Waals surface area (Å²) in [6.07, 6.45) is 0.0744. The molecule has 2 aromatic carbocycles. The second kappa shape index (κ2) is 9.49. The number of ether oxygens (including phenoxy) is 1. The Hall–Kier alpha value is -2.97. The number of nitrogens with one attached hydrogen (secondary N) is 1. The van der Waals surface area contributed by atoms with Crippen LogP contribution in [0.2, 0.25) is 10.0 Å². The van der Waals surface area contributed by atoms with Gasteiger partial charge in [0, 0.05) is 22.0 Å². The summed E-state index contributed by atoms with van der Waals surface area (Å²) >= 11 is 11.6. The molecule has 7 nitrogen and oxygen atoms in total. The van der Waals surface area contributed by atoms with E-state index in [4.69, 9.17) is 32.5 Å². The second-order valence-electron chi connectivity index (χ2n) is 5.85. The smallest absolute Gasteiger partial charge is 0.306 e. The Balaban J connectivity index is 1.45. The van der Waals surface area contributed by atoms with E-state index in [1.54, 1.807) is 24.3 Å². The van der Waals surface area contributed by atoms with E-state index in [-0.39, 0.29) is 29.4 Å². The number of carbonyl (C=O) groups excluding carboxylic acids is 2. The molecule has 0 atom stereocenters. The van der Waals surface area contributed by atoms with Gasteiger partial charge in [0.25, 0.3) is 5.91 Å². The lowest BCUT2D eigenvalue weighted by atomic mass is 10.2. The summed E-state index contributed by atoms with van der Waals surface area (Å²) in [6.45, 7) is -0.565. The lowest BCUT2D eigenvalue weighted by Crippen LogP contribution is -2.21. The molecule has 0 saturated carbocycles. The molecule has 0 aliphatic heterocycles. The predicted molar refractivity (Wildman–Crippen MR) is 104 cm³/mol. The summed E-state index contributed by atoms with van der Waals surface area (Å²) in [7, 11) is 0. The van der Waals surface area contributed by atoms with Crippen molar-refractivity contribution >= 4 is 40.8 Å². The van der Waals surface area contributed by atoms with Crippen LogP contribution in [0.5, 0.6) is 0 Å². The molecule has 0 spiro atoms. The van der Waals surface area contributed by atoms with Gasteiger partial charge in [-0.3, -0.25) is 9.59 Å². The number of anilines is 1. The lowest BCUT2D eigenvalue weighted by molar-refractivity contribution is -0.147. The number of amides is 1. The maximum absolute atomic E-state index is 13.6. The fourth-order valence-electron chi connectivity index (χ4n) is 2.28. The highest BCUT2D eigenvalue weighted by molar-refractivity contribution is 6.31. The highest BCUT2D eigenvalue weighted by Crippen LogP contribution is 2.20. The van der Waals surface area contributed by atoms with Gasteiger partial charge < -0.3 is 14.6 Å². The third-order valence-corrected chi connectivity index (χ3v) is 4.17. The maximum Gasteiger partial charge on any atom is 0.306 e. The molecule has 150 valence electrons. The van der Waals surface area contributed by atoms with Crippen LogP contribution in [0, 0.1) is 5.82 Å². The van der Waals surface area contributed by atoms with Crippen LogP contribution >= 0.6 is 23.2 Å². The fraction of sp³-hybridized carbons (Fsp3) is 0.158. The number of benzene rings is 2. The summed E-state index contributed by atoms with van der Waals surface area (Å²) < 4.78 is 23.5. The van der Waals surface area contributed by atoms with Crippen LogP contribution in [0.3, 0.4) is 0 Å². The monoisotopic (exact) mass is 437 g/mol. The van der Waals surface area contributed by atoms with Crippen molar-refractivity contribution in [3.63, 3.8) is 0 Å². The Bertz CT molecular complexity index is 1020. The summed E-state index contributed by atoms with van der Waals surface area (Å²) in [5.41, 5.74) is 0.621. The number of carbonyl (C=O) groups is 2. The quantitative estimate of drug-likeness (QED) is 0.553. The van der Waals surface area contributed by atoms with Gasteiger partial charge in [0.1, 0.15) is 5.82 Å². The summed E-state index contributed by atoms with van der Waals surface area (Å²) in [5.74, 6) is -1.37. The number of aromatic nitrogens is 2. The van der Waals surface area contributed by atoms with E-state index >= 15 is 0 Å². The van der Waals surface area contributed by atoms with Crippen LogP contribution in [0.25, 0.3) is 11.4 Å². The molecule has 0 unspecified atom stereocenters. The Morgan fingerprint density at radius 3 is 2.59 bits per heavy atom. The molecule has 3 aromatic rings. The topological polar surface area (TPSA) is 94.3 Å². The van der Waals surface area contributed by atoms with Crippen molar-refractivity contribution in [2.24, 2.45) is 0 Å². The highest BCUT2D eigenvalue weighted by atomic mass is 35.5. The first-order valence-corrected chi connectivity index (χ1v) is 9.15. The van der Waals surface area contributed by atoms with Crippen molar-refractivity contribution in [1.82, 2.24) is 10.1 Å². The van der Waals surface area contributed by atoms with Crippen molar-refractivity contribution in [1.29, 1.82) is 0 Å². The third kappa shape index (κ3) is 6.00. The minimum Gasteiger partial charge on any atom is -0.456 e. The van der Waals surface area contributed by atoms with Gasteiger partial charge in [0.05, 0.1) is 12.1 Å². The molecule has 0 aliphatic carbocycles. The zero-order chi connectivity index (χ0) is 20.8. The van der Waals surface area contributed by atoms with Crippen LogP contribution in [-0.2, 0) is 20.7 Å². The molecule has 0 aliphatic rings. The molecule has 0 fully saturated rings. The standard InChI is InChI=1S/C19H14Cl2FN3O4/c20-12-3-1-11(2-4-12)19-24-17(29-25-19)7-8-18(27)28-10-16(26)23-15-9-13(21)5-6-14(15)22/h1-6,9H,7-8,10H2,(H,23,26). The number of esters is 1. The van der Waals surface area contributed by atoms with Gasteiger partial charge >= 0.3 is 5.97 Å². The first-order chi connectivity index (χ1) is 13.9. The van der Waals surface area contributed by atoms with Gasteiger partial charge in [-0.25, -0.2) is 4.39 Å². The van der Waals surface area contributed by atoms with Gasteiger partial charge in [0.15, 0.2) is 6.61 Å². The van der Waals surface area contributed by atoms with E-state index in [1.165, 1.54) is 12.1 Å². The fourth-order valence-corrected chi connectivity index (χ4v) is 2.58. The average molecular weight is 438 g/mol. The number of rotatable bonds is 7. The zero-order valence-corrected chi connectivity index (χ0v) is 16.3. The number of nitrogens with zero attached hydrogens (tertiary/aromatic N) is 2. The van der Waals surface area contributed by atoms with E-state index in [1.807, 2.05) is 0 Å². The molecule has 1 amide bonds. The van der Waals surface area contributed by atoms with Crippen molar-refractivity contribution in [2.45, 2.75) is 12.8 Å². The number of halogens is 3. The molecule has 0 radical (unpaired) electrons. The predicted octanol–water partition coefficient (Wildman–Crippen LogP) is 4.30. The molecular formula is C19H14Cl2FN3O4. The van der Waals surface area contributed by atoms with E-state index in [9.17, 15) is 14.0 Å². The van der Waals surface area contributed by atoms with Crippen LogP contribution < -0.4 is 5.32 Å². The summed E-state index contributed by atoms with van der Waals surface area (Å²) in [5, 5.41) is 6.96. The van der Waals surface area contributed by atoms with Crippen molar-refractivity contribution < 1.29 is 23.2 Å². The SMILES string of the molecule is O=C(COC(=O)CCc1nc(-c2ccc(Cl)cc2)no1)Nc1cc(Cl)ccc1F. The molecule has 0 saturated heterocycles. The zero-order valence-electron chi connectivity index (χ0n) is 14.8.